The molecule has 7 heteroatoms. The number of anilines is 1. The molecule has 27 heavy (non-hydrogen) atoms. The zero-order valence-electron chi connectivity index (χ0n) is 16.0. The summed E-state index contributed by atoms with van der Waals surface area (Å²) in [6.45, 7) is 6.73. The summed E-state index contributed by atoms with van der Waals surface area (Å²) in [4.78, 5) is 4.63. The molecule has 1 spiro atoms. The number of nitrogens with one attached hydrogen (secondary N) is 1. The van der Waals surface area contributed by atoms with Crippen molar-refractivity contribution in [3.05, 3.63) is 24.3 Å². The molecule has 0 saturated carbocycles. The fourth-order valence-electron chi connectivity index (χ4n) is 4.25. The maximum absolute atomic E-state index is 12.1. The first-order chi connectivity index (χ1) is 12.9. The van der Waals surface area contributed by atoms with Crippen molar-refractivity contribution in [2.45, 2.75) is 38.5 Å². The predicted octanol–water partition coefficient (Wildman–Crippen LogP) is 3.88. The summed E-state index contributed by atoms with van der Waals surface area (Å²) < 4.78 is 40.3. The van der Waals surface area contributed by atoms with Gasteiger partial charge in [0.1, 0.15) is 5.75 Å². The molecule has 3 saturated heterocycles. The lowest BCUT2D eigenvalue weighted by Crippen LogP contribution is -2.38. The fourth-order valence-corrected chi connectivity index (χ4v) is 4.25. The van der Waals surface area contributed by atoms with Crippen molar-refractivity contribution in [1.82, 2.24) is 10.2 Å². The van der Waals surface area contributed by atoms with E-state index in [4.69, 9.17) is 0 Å². The quantitative estimate of drug-likeness (QED) is 0.836. The third-order valence-electron chi connectivity index (χ3n) is 5.87. The molecule has 0 amide bonds. The van der Waals surface area contributed by atoms with Crippen LogP contribution in [0.2, 0.25) is 0 Å². The van der Waals surface area contributed by atoms with Gasteiger partial charge in [-0.15, -0.1) is 13.2 Å². The van der Waals surface area contributed by atoms with Crippen LogP contribution in [-0.2, 0) is 0 Å². The number of halogens is 3. The first-order valence-electron chi connectivity index (χ1n) is 9.85. The second-order valence-corrected chi connectivity index (χ2v) is 7.97. The topological polar surface area (TPSA) is 27.7 Å². The Balaban J connectivity index is 0.000000299. The van der Waals surface area contributed by atoms with Gasteiger partial charge in [-0.25, -0.2) is 0 Å². The highest BCUT2D eigenvalue weighted by Crippen LogP contribution is 2.40. The molecule has 3 heterocycles. The summed E-state index contributed by atoms with van der Waals surface area (Å²) in [5, 5.41) is 3.38. The highest BCUT2D eigenvalue weighted by Gasteiger charge is 2.39. The number of nitrogens with zero attached hydrogens (tertiary/aromatic N) is 2. The third-order valence-corrected chi connectivity index (χ3v) is 5.87. The van der Waals surface area contributed by atoms with Crippen LogP contribution in [0.25, 0.3) is 0 Å². The highest BCUT2D eigenvalue weighted by molar-refractivity contribution is 5.50. The normalized spacial score (nSPS) is 22.6. The minimum absolute atomic E-state index is 0.165. The Morgan fingerprint density at radius 3 is 2.11 bits per heavy atom. The predicted molar refractivity (Wildman–Crippen MR) is 101 cm³/mol. The molecule has 0 aromatic heterocycles. The van der Waals surface area contributed by atoms with Crippen molar-refractivity contribution in [3.63, 3.8) is 0 Å². The Morgan fingerprint density at radius 2 is 1.59 bits per heavy atom. The lowest BCUT2D eigenvalue weighted by molar-refractivity contribution is -0.274. The molecule has 0 bridgehead atoms. The SMILES string of the molecule is CN1CCCC1.FC(F)(F)Oc1ccc(N2CCC3(CCNCC3)C2)cc1. The van der Waals surface area contributed by atoms with E-state index in [0.717, 1.165) is 38.3 Å². The summed E-state index contributed by atoms with van der Waals surface area (Å²) in [7, 11) is 2.17. The van der Waals surface area contributed by atoms with Gasteiger partial charge in [0.25, 0.3) is 0 Å². The maximum atomic E-state index is 12.1. The average Bonchev–Trinajstić information content (AvgIpc) is 3.25. The highest BCUT2D eigenvalue weighted by atomic mass is 19.4. The molecule has 152 valence electrons. The molecule has 3 aliphatic heterocycles. The van der Waals surface area contributed by atoms with Gasteiger partial charge in [0.05, 0.1) is 0 Å². The van der Waals surface area contributed by atoms with Crippen LogP contribution in [0.4, 0.5) is 18.9 Å². The first kappa shape index (κ1) is 20.3. The molecule has 1 N–H and O–H groups in total. The van der Waals surface area contributed by atoms with Gasteiger partial charge in [-0.3, -0.25) is 0 Å². The van der Waals surface area contributed by atoms with Crippen molar-refractivity contribution >= 4 is 5.69 Å². The number of alkyl halides is 3. The molecule has 4 nitrogen and oxygen atoms in total. The average molecular weight is 385 g/mol. The number of benzene rings is 1. The maximum Gasteiger partial charge on any atom is 0.573 e. The second-order valence-electron chi connectivity index (χ2n) is 7.97. The van der Waals surface area contributed by atoms with Crippen LogP contribution in [0.5, 0.6) is 5.75 Å². The largest absolute Gasteiger partial charge is 0.573 e. The monoisotopic (exact) mass is 385 g/mol. The molecule has 0 unspecified atom stereocenters. The number of likely N-dealkylation sites (tertiary alicyclic amines) is 1. The Morgan fingerprint density at radius 1 is 0.963 bits per heavy atom. The summed E-state index contributed by atoms with van der Waals surface area (Å²) in [6, 6.07) is 6.19. The Bertz CT molecular complexity index is 579. The van der Waals surface area contributed by atoms with Crippen LogP contribution < -0.4 is 15.0 Å². The molecular weight excluding hydrogens is 355 g/mol. The van der Waals surface area contributed by atoms with Gasteiger partial charge in [0.15, 0.2) is 0 Å². The summed E-state index contributed by atoms with van der Waals surface area (Å²) in [5.74, 6) is -0.165. The van der Waals surface area contributed by atoms with E-state index in [1.54, 1.807) is 12.1 Å². The van der Waals surface area contributed by atoms with Crippen molar-refractivity contribution in [3.8, 4) is 5.75 Å². The van der Waals surface area contributed by atoms with Crippen molar-refractivity contribution in [2.75, 3.05) is 51.2 Å². The molecule has 4 rings (SSSR count). The fraction of sp³-hybridized carbons (Fsp3) is 0.700. The number of piperidine rings is 1. The van der Waals surface area contributed by atoms with E-state index in [2.05, 4.69) is 26.9 Å². The Hall–Kier alpha value is -1.47. The summed E-state index contributed by atoms with van der Waals surface area (Å²) in [6.07, 6.45) is 1.72. The van der Waals surface area contributed by atoms with E-state index < -0.39 is 6.36 Å². The molecule has 1 aromatic rings. The van der Waals surface area contributed by atoms with Crippen LogP contribution >= 0.6 is 0 Å². The third kappa shape index (κ3) is 6.01. The van der Waals surface area contributed by atoms with E-state index in [0.29, 0.717) is 5.41 Å². The second kappa shape index (κ2) is 8.69. The van der Waals surface area contributed by atoms with Gasteiger partial charge < -0.3 is 19.9 Å². The molecule has 3 aliphatic rings. The van der Waals surface area contributed by atoms with E-state index in [9.17, 15) is 13.2 Å². The van der Waals surface area contributed by atoms with E-state index in [-0.39, 0.29) is 5.75 Å². The van der Waals surface area contributed by atoms with Crippen LogP contribution in [0.1, 0.15) is 32.1 Å². The standard InChI is InChI=1S/C15H19F3N2O.C5H11N/c16-15(17,18)21-13-3-1-12(2-4-13)20-10-7-14(11-20)5-8-19-9-6-14;1-6-4-2-3-5-6/h1-4,19H,5-11H2;2-5H2,1H3. The van der Waals surface area contributed by atoms with E-state index >= 15 is 0 Å². The van der Waals surface area contributed by atoms with Gasteiger partial charge in [-0.1, -0.05) is 0 Å². The molecule has 3 fully saturated rings. The lowest BCUT2D eigenvalue weighted by Gasteiger charge is -2.34. The zero-order valence-corrected chi connectivity index (χ0v) is 16.0. The van der Waals surface area contributed by atoms with E-state index in [1.165, 1.54) is 50.9 Å². The van der Waals surface area contributed by atoms with Crippen LogP contribution in [0.3, 0.4) is 0 Å². The Labute approximate surface area is 159 Å². The van der Waals surface area contributed by atoms with Crippen molar-refractivity contribution in [1.29, 1.82) is 0 Å². The summed E-state index contributed by atoms with van der Waals surface area (Å²) >= 11 is 0. The smallest absolute Gasteiger partial charge is 0.406 e. The van der Waals surface area contributed by atoms with Crippen molar-refractivity contribution < 1.29 is 17.9 Å². The minimum Gasteiger partial charge on any atom is -0.406 e. The Kier molecular flexibility index (Phi) is 6.52. The van der Waals surface area contributed by atoms with Crippen LogP contribution in [-0.4, -0.2) is 57.6 Å². The number of hydrogen-bond donors (Lipinski definition) is 1. The number of hydrogen-bond acceptors (Lipinski definition) is 4. The molecular formula is C20H30F3N3O. The van der Waals surface area contributed by atoms with Crippen molar-refractivity contribution in [2.24, 2.45) is 5.41 Å². The van der Waals surface area contributed by atoms with Gasteiger partial charge in [-0.2, -0.15) is 0 Å². The summed E-state index contributed by atoms with van der Waals surface area (Å²) in [5.41, 5.74) is 1.35. The minimum atomic E-state index is -4.63. The molecule has 0 aliphatic carbocycles. The molecule has 0 atom stereocenters. The van der Waals surface area contributed by atoms with Gasteiger partial charge in [0, 0.05) is 18.8 Å². The first-order valence-corrected chi connectivity index (χ1v) is 9.85. The van der Waals surface area contributed by atoms with Gasteiger partial charge in [0.2, 0.25) is 0 Å². The van der Waals surface area contributed by atoms with Crippen LogP contribution in [0, 0.1) is 5.41 Å². The lowest BCUT2D eigenvalue weighted by atomic mass is 9.78. The zero-order chi connectivity index (χ0) is 19.3. The van der Waals surface area contributed by atoms with E-state index in [1.807, 2.05) is 0 Å². The number of rotatable bonds is 2. The van der Waals surface area contributed by atoms with Crippen LogP contribution in [0.15, 0.2) is 24.3 Å². The van der Waals surface area contributed by atoms with Gasteiger partial charge >= 0.3 is 6.36 Å². The molecule has 0 radical (unpaired) electrons. The van der Waals surface area contributed by atoms with Gasteiger partial charge in [-0.05, 0) is 95.0 Å². The molecule has 1 aromatic carbocycles. The number of ether oxygens (including phenoxy) is 1.